The van der Waals surface area contributed by atoms with Crippen LogP contribution in [-0.4, -0.2) is 16.1 Å². The SMILES string of the molecule is CC(C)CCC[C@@H](C)[C@H]1CC[C@H]2[C@@H]3CC=C4C[C@@H](O)CC(p5[nH]o5)[C@]4(C)[C@H]3CC[C@]12C. The largest absolute Gasteiger partial charge is 0.393 e. The molecule has 1 heterocycles. The van der Waals surface area contributed by atoms with Crippen LogP contribution in [0.25, 0.3) is 0 Å². The Bertz CT molecular complexity index is 780. The summed E-state index contributed by atoms with van der Waals surface area (Å²) in [6.45, 7) is 12.5. The topological polar surface area (TPSA) is 49.2 Å². The second-order valence-corrected chi connectivity index (χ2v) is 14.4. The van der Waals surface area contributed by atoms with Gasteiger partial charge in [-0.05, 0) is 85.9 Å². The van der Waals surface area contributed by atoms with Crippen molar-refractivity contribution in [2.45, 2.75) is 111 Å². The van der Waals surface area contributed by atoms with Gasteiger partial charge in [0.1, 0.15) is 0 Å². The summed E-state index contributed by atoms with van der Waals surface area (Å²) in [4.78, 5) is 3.21. The molecule has 1 aromatic rings. The summed E-state index contributed by atoms with van der Waals surface area (Å²) in [5, 5.41) is 10.6. The van der Waals surface area contributed by atoms with Crippen molar-refractivity contribution in [2.24, 2.45) is 46.3 Å². The van der Waals surface area contributed by atoms with E-state index in [2.05, 4.69) is 45.6 Å². The van der Waals surface area contributed by atoms with Crippen LogP contribution in [0.1, 0.15) is 104 Å². The van der Waals surface area contributed by atoms with Gasteiger partial charge in [0.2, 0.25) is 0 Å². The van der Waals surface area contributed by atoms with Gasteiger partial charge in [-0.1, -0.05) is 65.5 Å². The Balaban J connectivity index is 1.37. The molecule has 0 bridgehead atoms. The molecule has 5 rings (SSSR count). The average molecular weight is 448 g/mol. The maximum Gasteiger partial charge on any atom is 0.180 e. The molecular formula is C27H46NO2P. The molecule has 3 saturated carbocycles. The summed E-state index contributed by atoms with van der Waals surface area (Å²) >= 11 is 0. The zero-order valence-electron chi connectivity index (χ0n) is 20.6. The Hall–Kier alpha value is -0.400. The van der Waals surface area contributed by atoms with E-state index >= 15 is 0 Å². The maximum absolute atomic E-state index is 10.6. The molecule has 3 nitrogen and oxygen atoms in total. The van der Waals surface area contributed by atoms with Crippen molar-refractivity contribution in [3.63, 3.8) is 0 Å². The Morgan fingerprint density at radius 3 is 2.65 bits per heavy atom. The minimum absolute atomic E-state index is 0.175. The Morgan fingerprint density at radius 2 is 1.94 bits per heavy atom. The molecule has 0 aromatic carbocycles. The van der Waals surface area contributed by atoms with Crippen molar-refractivity contribution >= 4 is 7.93 Å². The monoisotopic (exact) mass is 447 g/mol. The maximum atomic E-state index is 10.6. The number of aromatic amines is 1. The van der Waals surface area contributed by atoms with E-state index in [-0.39, 0.29) is 11.5 Å². The van der Waals surface area contributed by atoms with E-state index in [1.54, 1.807) is 5.57 Å². The molecule has 0 radical (unpaired) electrons. The summed E-state index contributed by atoms with van der Waals surface area (Å²) in [6, 6.07) is 0. The van der Waals surface area contributed by atoms with Crippen LogP contribution in [0.2, 0.25) is 0 Å². The first-order valence-corrected chi connectivity index (χ1v) is 14.7. The highest BCUT2D eigenvalue weighted by molar-refractivity contribution is 7.42. The van der Waals surface area contributed by atoms with Crippen LogP contribution in [0.5, 0.6) is 0 Å². The molecule has 4 aliphatic rings. The smallest absolute Gasteiger partial charge is 0.180 e. The standard InChI is InChI=1S/C27H46NO2P/c1-17(2)7-6-8-18(3)22-11-12-23-21-10-9-19-15-20(29)16-25(31-28-30-31)27(19,5)24(21)13-14-26(22,23)4/h9,17-18,20-25,28-29H,6-8,10-16H2,1-5H3/t18-,20-,21+,22-,23+,24+,25?,26-,27+,31?/m1/s1. The lowest BCUT2D eigenvalue weighted by molar-refractivity contribution is -0.0596. The predicted octanol–water partition coefficient (Wildman–Crippen LogP) is 8.15. The minimum Gasteiger partial charge on any atom is -0.393 e. The fourth-order valence-electron chi connectivity index (χ4n) is 9.22. The van der Waals surface area contributed by atoms with Crippen LogP contribution in [0.4, 0.5) is 0 Å². The number of allylic oxidation sites excluding steroid dienone is 1. The number of nitrogens with one attached hydrogen (secondary N) is 1. The number of fused-ring (bicyclic) bond motifs is 5. The lowest BCUT2D eigenvalue weighted by Gasteiger charge is -2.59. The number of hydrogen-bond acceptors (Lipinski definition) is 2. The van der Waals surface area contributed by atoms with E-state index in [1.807, 2.05) is 0 Å². The van der Waals surface area contributed by atoms with E-state index in [1.165, 1.54) is 51.4 Å². The van der Waals surface area contributed by atoms with E-state index in [4.69, 9.17) is 4.30 Å². The molecule has 0 saturated heterocycles. The Kier molecular flexibility index (Phi) is 5.87. The molecule has 31 heavy (non-hydrogen) atoms. The fourth-order valence-corrected chi connectivity index (χ4v) is 10.9. The highest BCUT2D eigenvalue weighted by atomic mass is 31.1. The van der Waals surface area contributed by atoms with E-state index < -0.39 is 7.93 Å². The second-order valence-electron chi connectivity index (χ2n) is 12.8. The lowest BCUT2D eigenvalue weighted by atomic mass is 9.46. The van der Waals surface area contributed by atoms with E-state index in [0.29, 0.717) is 11.1 Å². The average Bonchev–Trinajstić information content (AvgIpc) is 3.48. The summed E-state index contributed by atoms with van der Waals surface area (Å²) in [6.07, 6.45) is 15.4. The first-order chi connectivity index (χ1) is 14.7. The highest BCUT2D eigenvalue weighted by Gasteiger charge is 2.62. The van der Waals surface area contributed by atoms with Gasteiger partial charge in [-0.25, -0.2) is 0 Å². The van der Waals surface area contributed by atoms with Gasteiger partial charge in [0.25, 0.3) is 0 Å². The first kappa shape index (κ1) is 22.4. The molecule has 10 atom stereocenters. The van der Waals surface area contributed by atoms with E-state index in [0.717, 1.165) is 48.3 Å². The molecule has 176 valence electrons. The highest BCUT2D eigenvalue weighted by Crippen LogP contribution is 2.72. The number of rotatable bonds is 6. The van der Waals surface area contributed by atoms with E-state index in [9.17, 15) is 5.11 Å². The number of aromatic nitrogens is 1. The normalized spacial score (nSPS) is 46.4. The zero-order valence-corrected chi connectivity index (χ0v) is 21.5. The molecule has 2 N–H and O–H groups in total. The summed E-state index contributed by atoms with van der Waals surface area (Å²) < 4.78 is 5.68. The molecule has 0 aliphatic heterocycles. The van der Waals surface area contributed by atoms with Crippen molar-refractivity contribution < 1.29 is 9.41 Å². The molecule has 4 heteroatoms. The van der Waals surface area contributed by atoms with Crippen LogP contribution in [-0.2, 0) is 0 Å². The quantitative estimate of drug-likeness (QED) is 0.432. The van der Waals surface area contributed by atoms with Gasteiger partial charge in [-0.3, -0.25) is 0 Å². The van der Waals surface area contributed by atoms with Gasteiger partial charge < -0.3 is 9.41 Å². The first-order valence-electron chi connectivity index (χ1n) is 13.3. The van der Waals surface area contributed by atoms with Gasteiger partial charge in [0.05, 0.1) is 11.8 Å². The van der Waals surface area contributed by atoms with Gasteiger partial charge in [0, 0.05) is 5.41 Å². The molecule has 0 spiro atoms. The minimum atomic E-state index is -0.529. The fraction of sp³-hybridized carbons (Fsp3) is 0.926. The molecule has 3 fully saturated rings. The van der Waals surface area contributed by atoms with Crippen LogP contribution in [0, 0.1) is 46.3 Å². The Morgan fingerprint density at radius 1 is 1.16 bits per heavy atom. The summed E-state index contributed by atoms with van der Waals surface area (Å²) in [5.41, 5.74) is 2.84. The van der Waals surface area contributed by atoms with Crippen LogP contribution < -0.4 is 0 Å². The third-order valence-electron chi connectivity index (χ3n) is 10.9. The number of aliphatic hydroxyl groups is 1. The Labute approximate surface area is 191 Å². The van der Waals surface area contributed by atoms with Crippen LogP contribution in [0.15, 0.2) is 16.0 Å². The van der Waals surface area contributed by atoms with Crippen LogP contribution in [0.3, 0.4) is 0 Å². The third-order valence-corrected chi connectivity index (χ3v) is 12.6. The van der Waals surface area contributed by atoms with Gasteiger partial charge >= 0.3 is 0 Å². The van der Waals surface area contributed by atoms with Crippen molar-refractivity contribution in [1.82, 2.24) is 4.92 Å². The van der Waals surface area contributed by atoms with Gasteiger partial charge in [0.15, 0.2) is 7.93 Å². The summed E-state index contributed by atoms with van der Waals surface area (Å²) in [5.74, 6) is 5.16. The molecular weight excluding hydrogens is 401 g/mol. The van der Waals surface area contributed by atoms with Crippen molar-refractivity contribution in [3.05, 3.63) is 11.6 Å². The molecule has 2 unspecified atom stereocenters. The molecule has 4 aliphatic carbocycles. The third kappa shape index (κ3) is 3.65. The number of hydrogen-bond donors (Lipinski definition) is 2. The zero-order chi connectivity index (χ0) is 22.0. The van der Waals surface area contributed by atoms with Crippen LogP contribution >= 0.6 is 7.93 Å². The second kappa shape index (κ2) is 8.12. The number of H-pyrrole nitrogens is 1. The van der Waals surface area contributed by atoms with Crippen molar-refractivity contribution in [1.29, 1.82) is 0 Å². The van der Waals surface area contributed by atoms with Gasteiger partial charge in [-0.15, -0.1) is 0 Å². The molecule has 0 amide bonds. The summed E-state index contributed by atoms with van der Waals surface area (Å²) in [7, 11) is -0.529. The van der Waals surface area contributed by atoms with Crippen molar-refractivity contribution in [3.8, 4) is 0 Å². The molecule has 1 aromatic heterocycles. The van der Waals surface area contributed by atoms with Gasteiger partial charge in [-0.2, -0.15) is 4.92 Å². The predicted molar refractivity (Wildman–Crippen MR) is 129 cm³/mol. The lowest BCUT2D eigenvalue weighted by Crippen LogP contribution is -2.52. The number of aliphatic hydroxyl groups excluding tert-OH is 1. The van der Waals surface area contributed by atoms with Crippen molar-refractivity contribution in [2.75, 3.05) is 0 Å².